The highest BCUT2D eigenvalue weighted by atomic mass is 16.5. The van der Waals surface area contributed by atoms with Gasteiger partial charge in [0.15, 0.2) is 0 Å². The van der Waals surface area contributed by atoms with Gasteiger partial charge in [0.25, 0.3) is 0 Å². The summed E-state index contributed by atoms with van der Waals surface area (Å²) in [7, 11) is 0. The van der Waals surface area contributed by atoms with Gasteiger partial charge in [-0.15, -0.1) is 0 Å². The monoisotopic (exact) mass is 190 g/mol. The van der Waals surface area contributed by atoms with E-state index in [1.807, 2.05) is 6.92 Å². The first kappa shape index (κ1) is 9.13. The Hall–Kier alpha value is -1.44. The molecular weight excluding hydrogens is 176 g/mol. The van der Waals surface area contributed by atoms with Crippen LogP contribution in [-0.2, 0) is 0 Å². The number of aromatic hydroxyl groups is 1. The summed E-state index contributed by atoms with van der Waals surface area (Å²) in [5.74, 6) is 1.06. The summed E-state index contributed by atoms with van der Waals surface area (Å²) in [5.41, 5.74) is 2.12. The van der Waals surface area contributed by atoms with Crippen LogP contribution in [-0.4, -0.2) is 11.2 Å². The molecule has 1 N–H and O–H groups in total. The molecule has 2 nitrogen and oxygen atoms in total. The Balaban J connectivity index is 2.45. The molecule has 0 unspecified atom stereocenters. The molecule has 1 heterocycles. The van der Waals surface area contributed by atoms with Crippen molar-refractivity contribution in [3.05, 3.63) is 29.3 Å². The Morgan fingerprint density at radius 2 is 2.21 bits per heavy atom. The minimum atomic E-state index is 0.142. The van der Waals surface area contributed by atoms with E-state index < -0.39 is 0 Å². The van der Waals surface area contributed by atoms with Gasteiger partial charge < -0.3 is 9.84 Å². The van der Waals surface area contributed by atoms with Gasteiger partial charge in [-0.3, -0.25) is 0 Å². The van der Waals surface area contributed by atoms with Gasteiger partial charge in [0.1, 0.15) is 17.6 Å². The van der Waals surface area contributed by atoms with Crippen LogP contribution in [0.4, 0.5) is 0 Å². The molecule has 0 radical (unpaired) electrons. The highest BCUT2D eigenvalue weighted by Gasteiger charge is 2.15. The Bertz CT molecular complexity index is 380. The highest BCUT2D eigenvalue weighted by molar-refractivity contribution is 5.65. The first-order valence-corrected chi connectivity index (χ1v) is 4.89. The maximum Gasteiger partial charge on any atom is 0.131 e. The average molecular weight is 190 g/mol. The second kappa shape index (κ2) is 3.37. The van der Waals surface area contributed by atoms with Gasteiger partial charge in [0, 0.05) is 11.6 Å². The minimum absolute atomic E-state index is 0.142. The molecule has 0 aromatic heterocycles. The van der Waals surface area contributed by atoms with Crippen LogP contribution in [0, 0.1) is 6.92 Å². The van der Waals surface area contributed by atoms with Crippen molar-refractivity contribution in [1.82, 2.24) is 0 Å². The van der Waals surface area contributed by atoms with Crippen molar-refractivity contribution in [3.63, 3.8) is 0 Å². The number of aryl methyl sites for hydroxylation is 1. The molecule has 74 valence electrons. The summed E-state index contributed by atoms with van der Waals surface area (Å²) in [5, 5.41) is 9.42. The van der Waals surface area contributed by atoms with Crippen LogP contribution in [0.25, 0.3) is 6.08 Å². The number of phenolic OH excluding ortho intramolecular Hbond substituents is 1. The van der Waals surface area contributed by atoms with Gasteiger partial charge >= 0.3 is 0 Å². The van der Waals surface area contributed by atoms with E-state index in [9.17, 15) is 5.11 Å². The summed E-state index contributed by atoms with van der Waals surface area (Å²) in [4.78, 5) is 0. The van der Waals surface area contributed by atoms with E-state index in [1.165, 1.54) is 0 Å². The number of hydrogen-bond donors (Lipinski definition) is 1. The summed E-state index contributed by atoms with van der Waals surface area (Å²) in [6, 6.07) is 3.42. The molecule has 1 aliphatic rings. The van der Waals surface area contributed by atoms with Crippen LogP contribution >= 0.6 is 0 Å². The highest BCUT2D eigenvalue weighted by Crippen LogP contribution is 2.33. The average Bonchev–Trinajstić information content (AvgIpc) is 2.16. The van der Waals surface area contributed by atoms with Crippen LogP contribution in [0.1, 0.15) is 24.5 Å². The number of ether oxygens (including phenoxy) is 1. The lowest BCUT2D eigenvalue weighted by atomic mass is 10.0. The Morgan fingerprint density at radius 1 is 1.43 bits per heavy atom. The molecule has 1 aliphatic heterocycles. The molecule has 1 aromatic rings. The zero-order chi connectivity index (χ0) is 10.1. The lowest BCUT2D eigenvalue weighted by Crippen LogP contribution is -2.15. The molecule has 0 fully saturated rings. The van der Waals surface area contributed by atoms with Gasteiger partial charge in [-0.2, -0.15) is 0 Å². The smallest absolute Gasteiger partial charge is 0.131 e. The van der Waals surface area contributed by atoms with E-state index in [0.29, 0.717) is 0 Å². The maximum absolute atomic E-state index is 9.42. The lowest BCUT2D eigenvalue weighted by molar-refractivity contribution is 0.240. The van der Waals surface area contributed by atoms with Gasteiger partial charge in [-0.05, 0) is 31.1 Å². The number of fused-ring (bicyclic) bond motifs is 1. The first-order valence-electron chi connectivity index (χ1n) is 4.89. The quantitative estimate of drug-likeness (QED) is 0.737. The Kier molecular flexibility index (Phi) is 2.20. The predicted molar refractivity (Wildman–Crippen MR) is 56.6 cm³/mol. The zero-order valence-electron chi connectivity index (χ0n) is 8.45. The molecule has 2 heteroatoms. The summed E-state index contributed by atoms with van der Waals surface area (Å²) in [6.45, 7) is 4.05. The molecule has 14 heavy (non-hydrogen) atoms. The molecule has 0 saturated heterocycles. The van der Waals surface area contributed by atoms with Crippen molar-refractivity contribution in [1.29, 1.82) is 0 Å². The Labute approximate surface area is 83.8 Å². The van der Waals surface area contributed by atoms with Crippen LogP contribution in [0.15, 0.2) is 18.2 Å². The molecule has 0 bridgehead atoms. The third-order valence-electron chi connectivity index (χ3n) is 2.49. The van der Waals surface area contributed by atoms with Gasteiger partial charge in [-0.25, -0.2) is 0 Å². The second-order valence-electron chi connectivity index (χ2n) is 3.60. The van der Waals surface area contributed by atoms with Gasteiger partial charge in [0.05, 0.1) is 0 Å². The molecule has 0 aliphatic carbocycles. The van der Waals surface area contributed by atoms with Crippen molar-refractivity contribution in [3.8, 4) is 11.5 Å². The van der Waals surface area contributed by atoms with E-state index in [1.54, 1.807) is 12.1 Å². The third kappa shape index (κ3) is 1.48. The van der Waals surface area contributed by atoms with E-state index in [4.69, 9.17) is 4.74 Å². The van der Waals surface area contributed by atoms with Crippen LogP contribution in [0.2, 0.25) is 0 Å². The van der Waals surface area contributed by atoms with Crippen LogP contribution in [0.5, 0.6) is 11.5 Å². The maximum atomic E-state index is 9.42. The van der Waals surface area contributed by atoms with Crippen LogP contribution < -0.4 is 4.74 Å². The molecule has 0 amide bonds. The number of benzene rings is 1. The van der Waals surface area contributed by atoms with Gasteiger partial charge in [0.2, 0.25) is 0 Å². The molecule has 0 spiro atoms. The van der Waals surface area contributed by atoms with Gasteiger partial charge in [-0.1, -0.05) is 13.0 Å². The SMILES string of the molecule is CC[C@H]1C=Cc2c(C)cc(O)cc2O1. The van der Waals surface area contributed by atoms with Crippen molar-refractivity contribution in [2.45, 2.75) is 26.4 Å². The molecule has 1 atom stereocenters. The number of hydrogen-bond acceptors (Lipinski definition) is 2. The van der Waals surface area contributed by atoms with E-state index in [2.05, 4.69) is 19.1 Å². The second-order valence-corrected chi connectivity index (χ2v) is 3.60. The third-order valence-corrected chi connectivity index (χ3v) is 2.49. The largest absolute Gasteiger partial charge is 0.508 e. The van der Waals surface area contributed by atoms with Crippen molar-refractivity contribution in [2.75, 3.05) is 0 Å². The molecular formula is C12H14O2. The fourth-order valence-electron chi connectivity index (χ4n) is 1.68. The first-order chi connectivity index (χ1) is 6.70. The van der Waals surface area contributed by atoms with Crippen molar-refractivity contribution in [2.24, 2.45) is 0 Å². The zero-order valence-corrected chi connectivity index (χ0v) is 8.45. The van der Waals surface area contributed by atoms with E-state index >= 15 is 0 Å². The summed E-state index contributed by atoms with van der Waals surface area (Å²) in [6.07, 6.45) is 5.22. The topological polar surface area (TPSA) is 29.5 Å². The Morgan fingerprint density at radius 3 is 2.93 bits per heavy atom. The molecule has 0 saturated carbocycles. The van der Waals surface area contributed by atoms with Crippen molar-refractivity contribution < 1.29 is 9.84 Å². The summed E-state index contributed by atoms with van der Waals surface area (Å²) < 4.78 is 5.70. The van der Waals surface area contributed by atoms with Crippen LogP contribution in [0.3, 0.4) is 0 Å². The van der Waals surface area contributed by atoms with E-state index in [0.717, 1.165) is 23.3 Å². The number of rotatable bonds is 1. The number of phenols is 1. The molecule has 1 aromatic carbocycles. The fraction of sp³-hybridized carbons (Fsp3) is 0.333. The van der Waals surface area contributed by atoms with Crippen molar-refractivity contribution >= 4 is 6.08 Å². The standard InChI is InChI=1S/C12H14O2/c1-3-10-4-5-11-8(2)6-9(13)7-12(11)14-10/h4-7,10,13H,3H2,1-2H3/t10-/m0/s1. The molecule has 2 rings (SSSR count). The van der Waals surface area contributed by atoms with E-state index in [-0.39, 0.29) is 11.9 Å². The normalized spacial score (nSPS) is 18.9. The fourth-order valence-corrected chi connectivity index (χ4v) is 1.68. The minimum Gasteiger partial charge on any atom is -0.508 e. The summed E-state index contributed by atoms with van der Waals surface area (Å²) >= 11 is 0. The lowest BCUT2D eigenvalue weighted by Gasteiger charge is -2.21. The predicted octanol–water partition coefficient (Wildman–Crippen LogP) is 2.88.